The van der Waals surface area contributed by atoms with Crippen LogP contribution in [0, 0.1) is 0 Å². The number of aromatic amines is 1. The Bertz CT molecular complexity index is 761. The second-order valence-electron chi connectivity index (χ2n) is 6.07. The molecule has 0 spiro atoms. The first-order valence-electron chi connectivity index (χ1n) is 8.35. The zero-order valence-electron chi connectivity index (χ0n) is 13.6. The maximum Gasteiger partial charge on any atom is 0.137 e. The van der Waals surface area contributed by atoms with Crippen LogP contribution < -0.4 is 4.90 Å². The van der Waals surface area contributed by atoms with Gasteiger partial charge in [-0.15, -0.1) is 0 Å². The van der Waals surface area contributed by atoms with Crippen molar-refractivity contribution in [3.63, 3.8) is 0 Å². The van der Waals surface area contributed by atoms with E-state index in [-0.39, 0.29) is 0 Å². The summed E-state index contributed by atoms with van der Waals surface area (Å²) in [7, 11) is 0. The standard InChI is InChI=1S/C19H21N5/c1-2-6-18(19-21-8-9-22-19)16(4-1)15-23-10-12-24(13-11-23)17-5-3-7-20-14-17/h1-9,14H,10-13,15H2,(H,21,22). The Labute approximate surface area is 142 Å². The van der Waals surface area contributed by atoms with Crippen molar-refractivity contribution in [1.82, 2.24) is 19.9 Å². The van der Waals surface area contributed by atoms with Gasteiger partial charge in [-0.05, 0) is 17.7 Å². The van der Waals surface area contributed by atoms with Crippen molar-refractivity contribution in [3.8, 4) is 11.4 Å². The van der Waals surface area contributed by atoms with Crippen molar-refractivity contribution in [1.29, 1.82) is 0 Å². The largest absolute Gasteiger partial charge is 0.368 e. The third-order valence-corrected chi connectivity index (χ3v) is 4.55. The molecule has 1 fully saturated rings. The van der Waals surface area contributed by atoms with Crippen LogP contribution in [-0.2, 0) is 6.54 Å². The van der Waals surface area contributed by atoms with Gasteiger partial charge in [0, 0.05) is 56.9 Å². The number of rotatable bonds is 4. The van der Waals surface area contributed by atoms with E-state index in [0.717, 1.165) is 38.5 Å². The van der Waals surface area contributed by atoms with Gasteiger partial charge in [0.2, 0.25) is 0 Å². The van der Waals surface area contributed by atoms with Gasteiger partial charge < -0.3 is 9.88 Å². The van der Waals surface area contributed by atoms with E-state index in [1.54, 1.807) is 6.20 Å². The van der Waals surface area contributed by atoms with Crippen LogP contribution in [0.4, 0.5) is 5.69 Å². The lowest BCUT2D eigenvalue weighted by molar-refractivity contribution is 0.250. The molecule has 0 amide bonds. The van der Waals surface area contributed by atoms with Gasteiger partial charge in [0.1, 0.15) is 5.82 Å². The Morgan fingerprint density at radius 2 is 1.83 bits per heavy atom. The van der Waals surface area contributed by atoms with E-state index in [0.29, 0.717) is 0 Å². The first-order chi connectivity index (χ1) is 11.9. The minimum atomic E-state index is 0.944. The molecule has 1 saturated heterocycles. The number of piperazine rings is 1. The summed E-state index contributed by atoms with van der Waals surface area (Å²) in [5.74, 6) is 0.944. The SMILES string of the molecule is c1cncc(N2CCN(Cc3ccccc3-c3ncc[nH]3)CC2)c1. The van der Waals surface area contributed by atoms with E-state index in [4.69, 9.17) is 0 Å². The summed E-state index contributed by atoms with van der Waals surface area (Å²) >= 11 is 0. The lowest BCUT2D eigenvalue weighted by Crippen LogP contribution is -2.46. The summed E-state index contributed by atoms with van der Waals surface area (Å²) in [6, 6.07) is 12.6. The molecule has 1 aromatic carbocycles. The monoisotopic (exact) mass is 319 g/mol. The highest BCUT2D eigenvalue weighted by Gasteiger charge is 2.18. The highest BCUT2D eigenvalue weighted by molar-refractivity contribution is 5.60. The summed E-state index contributed by atoms with van der Waals surface area (Å²) in [5, 5.41) is 0. The molecule has 0 bridgehead atoms. The molecule has 3 heterocycles. The lowest BCUT2D eigenvalue weighted by atomic mass is 10.1. The second-order valence-corrected chi connectivity index (χ2v) is 6.07. The summed E-state index contributed by atoms with van der Waals surface area (Å²) in [5.41, 5.74) is 3.73. The zero-order valence-corrected chi connectivity index (χ0v) is 13.6. The molecular formula is C19H21N5. The van der Waals surface area contributed by atoms with Crippen molar-refractivity contribution in [2.45, 2.75) is 6.54 Å². The number of hydrogen-bond donors (Lipinski definition) is 1. The summed E-state index contributed by atoms with van der Waals surface area (Å²) < 4.78 is 0. The normalized spacial score (nSPS) is 15.6. The average molecular weight is 319 g/mol. The number of H-pyrrole nitrogens is 1. The Morgan fingerprint density at radius 1 is 0.958 bits per heavy atom. The molecule has 0 saturated carbocycles. The molecule has 0 radical (unpaired) electrons. The molecule has 5 nitrogen and oxygen atoms in total. The Balaban J connectivity index is 1.43. The van der Waals surface area contributed by atoms with Crippen LogP contribution in [0.15, 0.2) is 61.2 Å². The van der Waals surface area contributed by atoms with Gasteiger partial charge in [0.15, 0.2) is 0 Å². The van der Waals surface area contributed by atoms with E-state index < -0.39 is 0 Å². The number of imidazole rings is 1. The highest BCUT2D eigenvalue weighted by Crippen LogP contribution is 2.22. The maximum atomic E-state index is 4.40. The Hall–Kier alpha value is -2.66. The topological polar surface area (TPSA) is 48.1 Å². The maximum absolute atomic E-state index is 4.40. The number of nitrogens with zero attached hydrogens (tertiary/aromatic N) is 4. The van der Waals surface area contributed by atoms with E-state index in [1.165, 1.54) is 16.8 Å². The van der Waals surface area contributed by atoms with Gasteiger partial charge in [-0.3, -0.25) is 9.88 Å². The third-order valence-electron chi connectivity index (χ3n) is 4.55. The number of aromatic nitrogens is 3. The quantitative estimate of drug-likeness (QED) is 0.803. The molecule has 122 valence electrons. The molecule has 4 rings (SSSR count). The van der Waals surface area contributed by atoms with Gasteiger partial charge in [-0.25, -0.2) is 4.98 Å². The summed E-state index contributed by atoms with van der Waals surface area (Å²) in [6.45, 7) is 5.14. The fourth-order valence-corrected chi connectivity index (χ4v) is 3.25. The zero-order chi connectivity index (χ0) is 16.2. The first kappa shape index (κ1) is 14.9. The van der Waals surface area contributed by atoms with Crippen LogP contribution in [0.25, 0.3) is 11.4 Å². The first-order valence-corrected chi connectivity index (χ1v) is 8.35. The molecule has 2 aromatic heterocycles. The molecule has 24 heavy (non-hydrogen) atoms. The van der Waals surface area contributed by atoms with Crippen molar-refractivity contribution in [2.24, 2.45) is 0 Å². The van der Waals surface area contributed by atoms with Crippen molar-refractivity contribution < 1.29 is 0 Å². The molecule has 0 aliphatic carbocycles. The van der Waals surface area contributed by atoms with Gasteiger partial charge >= 0.3 is 0 Å². The van der Waals surface area contributed by atoms with Gasteiger partial charge in [-0.1, -0.05) is 24.3 Å². The fourth-order valence-electron chi connectivity index (χ4n) is 3.25. The molecule has 1 aliphatic heterocycles. The Morgan fingerprint density at radius 3 is 2.58 bits per heavy atom. The number of benzene rings is 1. The number of anilines is 1. The van der Waals surface area contributed by atoms with E-state index in [2.05, 4.69) is 55.1 Å². The van der Waals surface area contributed by atoms with Gasteiger partial charge in [0.25, 0.3) is 0 Å². The van der Waals surface area contributed by atoms with Crippen LogP contribution >= 0.6 is 0 Å². The summed E-state index contributed by atoms with van der Waals surface area (Å²) in [6.07, 6.45) is 7.45. The number of pyridine rings is 1. The molecule has 0 unspecified atom stereocenters. The van der Waals surface area contributed by atoms with Crippen molar-refractivity contribution in [2.75, 3.05) is 31.1 Å². The average Bonchev–Trinajstić information content (AvgIpc) is 3.18. The van der Waals surface area contributed by atoms with Crippen LogP contribution in [0.3, 0.4) is 0 Å². The third kappa shape index (κ3) is 3.16. The number of nitrogens with one attached hydrogen (secondary N) is 1. The minimum absolute atomic E-state index is 0.944. The van der Waals surface area contributed by atoms with E-state index >= 15 is 0 Å². The smallest absolute Gasteiger partial charge is 0.137 e. The van der Waals surface area contributed by atoms with Crippen molar-refractivity contribution >= 4 is 5.69 Å². The van der Waals surface area contributed by atoms with Crippen LogP contribution in [-0.4, -0.2) is 46.0 Å². The van der Waals surface area contributed by atoms with Crippen LogP contribution in [0.1, 0.15) is 5.56 Å². The van der Waals surface area contributed by atoms with Gasteiger partial charge in [0.05, 0.1) is 11.9 Å². The fraction of sp³-hybridized carbons (Fsp3) is 0.263. The van der Waals surface area contributed by atoms with Crippen LogP contribution in [0.5, 0.6) is 0 Å². The number of hydrogen-bond acceptors (Lipinski definition) is 4. The van der Waals surface area contributed by atoms with Crippen LogP contribution in [0.2, 0.25) is 0 Å². The molecule has 1 N–H and O–H groups in total. The predicted octanol–water partition coefficient (Wildman–Crippen LogP) is 2.79. The predicted molar refractivity (Wildman–Crippen MR) is 95.8 cm³/mol. The second kappa shape index (κ2) is 6.84. The molecule has 1 aliphatic rings. The molecule has 5 heteroatoms. The van der Waals surface area contributed by atoms with E-state index in [1.807, 2.05) is 24.7 Å². The molecule has 3 aromatic rings. The minimum Gasteiger partial charge on any atom is -0.368 e. The van der Waals surface area contributed by atoms with E-state index in [9.17, 15) is 0 Å². The molecule has 0 atom stereocenters. The molecular weight excluding hydrogens is 298 g/mol. The Kier molecular flexibility index (Phi) is 4.25. The van der Waals surface area contributed by atoms with Gasteiger partial charge in [-0.2, -0.15) is 0 Å². The highest BCUT2D eigenvalue weighted by atomic mass is 15.3. The summed E-state index contributed by atoms with van der Waals surface area (Å²) in [4.78, 5) is 16.8. The lowest BCUT2D eigenvalue weighted by Gasteiger charge is -2.36. The van der Waals surface area contributed by atoms with Crippen molar-refractivity contribution in [3.05, 3.63) is 66.7 Å².